The normalized spacial score (nSPS) is 13.0. The summed E-state index contributed by atoms with van der Waals surface area (Å²) >= 11 is 12.4. The SMILES string of the molecule is CC(C)CNC(=O)[C@@H](Cc1ccccc1)N(Cc1ccc(Cl)c(Cl)c1)C(=O)CCCN(c1ccc2c(c1)OCO2)S(C)(=O)=O. The highest BCUT2D eigenvalue weighted by atomic mass is 35.5. The van der Waals surface area contributed by atoms with E-state index in [2.05, 4.69) is 5.32 Å². The molecule has 0 bridgehead atoms. The van der Waals surface area contributed by atoms with Gasteiger partial charge in [0, 0.05) is 38.5 Å². The van der Waals surface area contributed by atoms with E-state index in [4.69, 9.17) is 32.7 Å². The van der Waals surface area contributed by atoms with Crippen molar-refractivity contribution < 1.29 is 27.5 Å². The summed E-state index contributed by atoms with van der Waals surface area (Å²) < 4.78 is 37.5. The minimum absolute atomic E-state index is 0.000639. The molecular formula is C32H37Cl2N3O6S. The second kappa shape index (κ2) is 15.0. The lowest BCUT2D eigenvalue weighted by molar-refractivity contribution is -0.141. The lowest BCUT2D eigenvalue weighted by atomic mass is 10.0. The fraction of sp³-hybridized carbons (Fsp3) is 0.375. The number of hydrogen-bond acceptors (Lipinski definition) is 6. The van der Waals surface area contributed by atoms with Crippen LogP contribution in [0.2, 0.25) is 10.0 Å². The van der Waals surface area contributed by atoms with Gasteiger partial charge in [-0.2, -0.15) is 0 Å². The number of nitrogens with zero attached hydrogens (tertiary/aromatic N) is 2. The van der Waals surface area contributed by atoms with Crippen LogP contribution in [-0.2, 0) is 32.6 Å². The molecule has 0 radical (unpaired) electrons. The summed E-state index contributed by atoms with van der Waals surface area (Å²) in [5.74, 6) is 0.644. The van der Waals surface area contributed by atoms with Crippen molar-refractivity contribution in [3.05, 3.63) is 87.9 Å². The highest BCUT2D eigenvalue weighted by molar-refractivity contribution is 7.92. The Balaban J connectivity index is 1.59. The number of carbonyl (C=O) groups is 2. The summed E-state index contributed by atoms with van der Waals surface area (Å²) in [6.45, 7) is 4.68. The van der Waals surface area contributed by atoms with Gasteiger partial charge in [0.25, 0.3) is 0 Å². The number of sulfonamides is 1. The zero-order valence-electron chi connectivity index (χ0n) is 25.0. The molecule has 4 rings (SSSR count). The number of halogens is 2. The van der Waals surface area contributed by atoms with Crippen molar-refractivity contribution in [2.45, 2.75) is 45.7 Å². The number of amides is 2. The molecular weight excluding hydrogens is 625 g/mol. The van der Waals surface area contributed by atoms with Crippen LogP contribution in [0.1, 0.15) is 37.8 Å². The van der Waals surface area contributed by atoms with E-state index in [9.17, 15) is 18.0 Å². The van der Waals surface area contributed by atoms with Crippen LogP contribution in [-0.4, -0.2) is 57.3 Å². The van der Waals surface area contributed by atoms with E-state index in [1.807, 2.05) is 44.2 Å². The molecule has 0 unspecified atom stereocenters. The van der Waals surface area contributed by atoms with Crippen molar-refractivity contribution in [3.63, 3.8) is 0 Å². The summed E-state index contributed by atoms with van der Waals surface area (Å²) in [6, 6.07) is 18.7. The topological polar surface area (TPSA) is 105 Å². The van der Waals surface area contributed by atoms with Gasteiger partial charge in [0.1, 0.15) is 6.04 Å². The molecule has 1 heterocycles. The first-order valence-electron chi connectivity index (χ1n) is 14.3. The van der Waals surface area contributed by atoms with Crippen LogP contribution in [0.15, 0.2) is 66.7 Å². The van der Waals surface area contributed by atoms with Crippen LogP contribution in [0.25, 0.3) is 0 Å². The van der Waals surface area contributed by atoms with Gasteiger partial charge < -0.3 is 19.7 Å². The Morgan fingerprint density at radius 3 is 2.34 bits per heavy atom. The molecule has 12 heteroatoms. The van der Waals surface area contributed by atoms with Crippen molar-refractivity contribution in [2.75, 3.05) is 30.4 Å². The maximum Gasteiger partial charge on any atom is 0.243 e. The van der Waals surface area contributed by atoms with Crippen LogP contribution in [0.3, 0.4) is 0 Å². The van der Waals surface area contributed by atoms with E-state index in [1.165, 1.54) is 4.31 Å². The number of hydrogen-bond donors (Lipinski definition) is 1. The summed E-state index contributed by atoms with van der Waals surface area (Å²) in [5, 5.41) is 3.71. The lowest BCUT2D eigenvalue weighted by Gasteiger charge is -2.32. The number of fused-ring (bicyclic) bond motifs is 1. The van der Waals surface area contributed by atoms with Crippen LogP contribution < -0.4 is 19.1 Å². The van der Waals surface area contributed by atoms with Gasteiger partial charge in [-0.25, -0.2) is 8.42 Å². The molecule has 9 nitrogen and oxygen atoms in total. The fourth-order valence-electron chi connectivity index (χ4n) is 4.86. The van der Waals surface area contributed by atoms with E-state index in [-0.39, 0.29) is 50.5 Å². The van der Waals surface area contributed by atoms with E-state index in [0.717, 1.165) is 11.8 Å². The van der Waals surface area contributed by atoms with Crippen LogP contribution >= 0.6 is 23.2 Å². The molecule has 3 aromatic carbocycles. The number of anilines is 1. The maximum absolute atomic E-state index is 14.0. The molecule has 0 spiro atoms. The molecule has 0 fully saturated rings. The van der Waals surface area contributed by atoms with Gasteiger partial charge in [0.2, 0.25) is 28.6 Å². The molecule has 1 aliphatic rings. The third-order valence-corrected chi connectivity index (χ3v) is 9.02. The highest BCUT2D eigenvalue weighted by Gasteiger charge is 2.31. The van der Waals surface area contributed by atoms with Gasteiger partial charge in [0.05, 0.1) is 22.0 Å². The predicted octanol–water partition coefficient (Wildman–Crippen LogP) is 5.68. The zero-order chi connectivity index (χ0) is 31.9. The van der Waals surface area contributed by atoms with Crippen molar-refractivity contribution in [1.82, 2.24) is 10.2 Å². The Kier molecular flexibility index (Phi) is 11.4. The Hall–Kier alpha value is -3.47. The second-order valence-electron chi connectivity index (χ2n) is 11.1. The summed E-state index contributed by atoms with van der Waals surface area (Å²) in [5.41, 5.74) is 2.02. The van der Waals surface area contributed by atoms with Crippen LogP contribution in [0, 0.1) is 5.92 Å². The van der Waals surface area contributed by atoms with Gasteiger partial charge in [-0.15, -0.1) is 0 Å². The molecule has 44 heavy (non-hydrogen) atoms. The maximum atomic E-state index is 14.0. The van der Waals surface area contributed by atoms with Gasteiger partial charge >= 0.3 is 0 Å². The number of nitrogens with one attached hydrogen (secondary N) is 1. The molecule has 0 aliphatic carbocycles. The Labute approximate surface area is 269 Å². The zero-order valence-corrected chi connectivity index (χ0v) is 27.3. The monoisotopic (exact) mass is 661 g/mol. The Morgan fingerprint density at radius 1 is 0.932 bits per heavy atom. The molecule has 1 aliphatic heterocycles. The van der Waals surface area contributed by atoms with E-state index in [0.29, 0.717) is 45.8 Å². The average molecular weight is 663 g/mol. The van der Waals surface area contributed by atoms with E-state index < -0.39 is 16.1 Å². The van der Waals surface area contributed by atoms with E-state index in [1.54, 1.807) is 41.3 Å². The van der Waals surface area contributed by atoms with Crippen molar-refractivity contribution in [3.8, 4) is 11.5 Å². The first-order valence-corrected chi connectivity index (χ1v) is 16.9. The third kappa shape index (κ3) is 9.03. The van der Waals surface area contributed by atoms with Crippen molar-refractivity contribution >= 4 is 50.7 Å². The smallest absolute Gasteiger partial charge is 0.243 e. The summed E-state index contributed by atoms with van der Waals surface area (Å²) in [6.07, 6.45) is 1.62. The van der Waals surface area contributed by atoms with Crippen LogP contribution in [0.5, 0.6) is 11.5 Å². The molecule has 236 valence electrons. The van der Waals surface area contributed by atoms with Gasteiger partial charge in [0.15, 0.2) is 11.5 Å². The molecule has 2 amide bonds. The molecule has 0 saturated heterocycles. The Morgan fingerprint density at radius 2 is 1.66 bits per heavy atom. The lowest BCUT2D eigenvalue weighted by Crippen LogP contribution is -2.51. The van der Waals surface area contributed by atoms with Crippen molar-refractivity contribution in [1.29, 1.82) is 0 Å². The van der Waals surface area contributed by atoms with Gasteiger partial charge in [-0.05, 0) is 47.7 Å². The first kappa shape index (κ1) is 33.4. The van der Waals surface area contributed by atoms with E-state index >= 15 is 0 Å². The fourth-order valence-corrected chi connectivity index (χ4v) is 6.13. The molecule has 1 atom stereocenters. The summed E-state index contributed by atoms with van der Waals surface area (Å²) in [7, 11) is -3.68. The molecule has 0 aromatic heterocycles. The largest absolute Gasteiger partial charge is 0.454 e. The second-order valence-corrected chi connectivity index (χ2v) is 13.8. The minimum Gasteiger partial charge on any atom is -0.454 e. The highest BCUT2D eigenvalue weighted by Crippen LogP contribution is 2.36. The molecule has 1 N–H and O–H groups in total. The predicted molar refractivity (Wildman–Crippen MR) is 173 cm³/mol. The number of ether oxygens (including phenoxy) is 2. The quantitative estimate of drug-likeness (QED) is 0.238. The number of benzene rings is 3. The van der Waals surface area contributed by atoms with Crippen LogP contribution in [0.4, 0.5) is 5.69 Å². The summed E-state index contributed by atoms with van der Waals surface area (Å²) in [4.78, 5) is 29.2. The van der Waals surface area contributed by atoms with Gasteiger partial charge in [-0.1, -0.05) is 73.4 Å². The minimum atomic E-state index is -3.68. The van der Waals surface area contributed by atoms with Gasteiger partial charge in [-0.3, -0.25) is 13.9 Å². The number of carbonyl (C=O) groups excluding carboxylic acids is 2. The average Bonchev–Trinajstić information content (AvgIpc) is 3.45. The standard InChI is InChI=1S/C32H37Cl2N3O6S/c1-22(2)19-35-32(39)28(17-23-8-5-4-6-9-23)36(20-24-11-13-26(33)27(34)16-24)31(38)10-7-15-37(44(3,40)41)25-12-14-29-30(18-25)43-21-42-29/h4-6,8-9,11-14,16,18,22,28H,7,10,15,17,19-21H2,1-3H3,(H,35,39)/t28-/m1/s1. The Bertz CT molecular complexity index is 1570. The third-order valence-electron chi connectivity index (χ3n) is 7.09. The van der Waals surface area contributed by atoms with Crippen molar-refractivity contribution in [2.24, 2.45) is 5.92 Å². The molecule has 3 aromatic rings. The number of rotatable bonds is 14. The molecule has 0 saturated carbocycles. The first-order chi connectivity index (χ1) is 20.9.